The Kier molecular flexibility index (Phi) is 2.85. The van der Waals surface area contributed by atoms with Crippen LogP contribution in [0.15, 0.2) is 24.3 Å². The van der Waals surface area contributed by atoms with E-state index in [1.807, 2.05) is 24.1 Å². The van der Waals surface area contributed by atoms with Gasteiger partial charge in [0.15, 0.2) is 0 Å². The van der Waals surface area contributed by atoms with E-state index in [0.717, 1.165) is 11.9 Å². The molecule has 19 heavy (non-hydrogen) atoms. The Morgan fingerprint density at radius 2 is 2.11 bits per heavy atom. The van der Waals surface area contributed by atoms with Crippen LogP contribution in [0.1, 0.15) is 37.6 Å². The minimum absolute atomic E-state index is 0.184. The van der Waals surface area contributed by atoms with Gasteiger partial charge in [-0.3, -0.25) is 4.79 Å². The lowest BCUT2D eigenvalue weighted by Gasteiger charge is -2.33. The highest BCUT2D eigenvalue weighted by Crippen LogP contribution is 2.37. The van der Waals surface area contributed by atoms with E-state index >= 15 is 0 Å². The van der Waals surface area contributed by atoms with Crippen molar-refractivity contribution in [2.75, 3.05) is 7.05 Å². The smallest absolute Gasteiger partial charge is 0.227 e. The van der Waals surface area contributed by atoms with E-state index in [-0.39, 0.29) is 11.9 Å². The molecular weight excluding hydrogens is 236 g/mol. The van der Waals surface area contributed by atoms with Crippen LogP contribution >= 0.6 is 0 Å². The molecule has 0 saturated heterocycles. The van der Waals surface area contributed by atoms with E-state index in [1.54, 1.807) is 0 Å². The number of hydrogen-bond acceptors (Lipinski definition) is 1. The summed E-state index contributed by atoms with van der Waals surface area (Å²) in [5.74, 6) is 0.792. The first kappa shape index (κ1) is 12.3. The predicted octanol–water partition coefficient (Wildman–Crippen LogP) is 3.27. The molecule has 100 valence electrons. The Hall–Kier alpha value is -1.77. The highest BCUT2D eigenvalue weighted by molar-refractivity contribution is 5.92. The van der Waals surface area contributed by atoms with Gasteiger partial charge < -0.3 is 9.88 Å². The van der Waals surface area contributed by atoms with Crippen LogP contribution in [0.4, 0.5) is 0 Å². The molecule has 0 radical (unpaired) electrons. The van der Waals surface area contributed by atoms with E-state index in [1.165, 1.54) is 16.6 Å². The van der Waals surface area contributed by atoms with Gasteiger partial charge in [-0.25, -0.2) is 0 Å². The van der Waals surface area contributed by atoms with Gasteiger partial charge in [0, 0.05) is 23.6 Å². The van der Waals surface area contributed by atoms with Crippen LogP contribution in [0.2, 0.25) is 0 Å². The molecule has 0 unspecified atom stereocenters. The van der Waals surface area contributed by atoms with Gasteiger partial charge in [0.2, 0.25) is 5.91 Å². The number of aromatic nitrogens is 1. The molecule has 1 aromatic carbocycles. The summed E-state index contributed by atoms with van der Waals surface area (Å²) in [6.07, 6.45) is 1.52. The molecule has 1 aromatic heterocycles. The second-order valence-corrected chi connectivity index (χ2v) is 5.89. The van der Waals surface area contributed by atoms with Crippen molar-refractivity contribution >= 4 is 16.8 Å². The molecule has 3 nitrogen and oxygen atoms in total. The van der Waals surface area contributed by atoms with Crippen molar-refractivity contribution in [1.82, 2.24) is 9.88 Å². The zero-order valence-electron chi connectivity index (χ0n) is 11.7. The standard InChI is InChI=1S/C16H20N2O/c1-10(2)8-14-16-12(9-15(19)18(14)3)11-6-4-5-7-13(11)17-16/h4-7,10,14,17H,8-9H2,1-3H3/t14-/m0/s1. The normalized spacial score (nSPS) is 19.3. The van der Waals surface area contributed by atoms with Crippen molar-refractivity contribution in [3.63, 3.8) is 0 Å². The van der Waals surface area contributed by atoms with E-state index in [0.29, 0.717) is 12.3 Å². The summed E-state index contributed by atoms with van der Waals surface area (Å²) in [6.45, 7) is 4.41. The van der Waals surface area contributed by atoms with Crippen LogP contribution in [-0.4, -0.2) is 22.8 Å². The van der Waals surface area contributed by atoms with E-state index in [9.17, 15) is 4.79 Å². The van der Waals surface area contributed by atoms with E-state index < -0.39 is 0 Å². The maximum absolute atomic E-state index is 12.2. The molecule has 1 atom stereocenters. The summed E-state index contributed by atoms with van der Waals surface area (Å²) in [5.41, 5.74) is 3.57. The fourth-order valence-corrected chi connectivity index (χ4v) is 3.06. The Balaban J connectivity index is 2.16. The number of H-pyrrole nitrogens is 1. The third kappa shape index (κ3) is 1.93. The monoisotopic (exact) mass is 256 g/mol. The lowest BCUT2D eigenvalue weighted by atomic mass is 9.92. The third-order valence-electron chi connectivity index (χ3n) is 4.06. The fourth-order valence-electron chi connectivity index (χ4n) is 3.06. The van der Waals surface area contributed by atoms with Crippen LogP contribution in [0.5, 0.6) is 0 Å². The summed E-state index contributed by atoms with van der Waals surface area (Å²) in [4.78, 5) is 17.6. The fraction of sp³-hybridized carbons (Fsp3) is 0.438. The van der Waals surface area contributed by atoms with Crippen LogP contribution in [0.25, 0.3) is 10.9 Å². The molecular formula is C16H20N2O. The van der Waals surface area contributed by atoms with Gasteiger partial charge in [-0.2, -0.15) is 0 Å². The predicted molar refractivity (Wildman–Crippen MR) is 77.0 cm³/mol. The molecule has 3 rings (SSSR count). The SMILES string of the molecule is CC(C)C[C@H]1c2[nH]c3ccccc3c2CC(=O)N1C. The number of likely N-dealkylation sites (N-methyl/N-ethyl adjacent to an activating group) is 1. The summed E-state index contributed by atoms with van der Waals surface area (Å²) < 4.78 is 0. The number of amides is 1. The molecule has 1 N–H and O–H groups in total. The summed E-state index contributed by atoms with van der Waals surface area (Å²) >= 11 is 0. The highest BCUT2D eigenvalue weighted by atomic mass is 16.2. The topological polar surface area (TPSA) is 36.1 Å². The molecule has 0 bridgehead atoms. The van der Waals surface area contributed by atoms with Gasteiger partial charge in [0.1, 0.15) is 0 Å². The van der Waals surface area contributed by atoms with Gasteiger partial charge in [0.05, 0.1) is 12.5 Å². The van der Waals surface area contributed by atoms with Crippen LogP contribution in [0, 0.1) is 5.92 Å². The number of fused-ring (bicyclic) bond motifs is 3. The molecule has 2 heterocycles. The largest absolute Gasteiger partial charge is 0.356 e. The number of nitrogens with zero attached hydrogens (tertiary/aromatic N) is 1. The van der Waals surface area contributed by atoms with E-state index in [4.69, 9.17) is 0 Å². The number of aromatic amines is 1. The number of carbonyl (C=O) groups excluding carboxylic acids is 1. The Bertz CT molecular complexity index is 627. The molecule has 0 aliphatic carbocycles. The number of para-hydroxylation sites is 1. The number of nitrogens with one attached hydrogen (secondary N) is 1. The average molecular weight is 256 g/mol. The summed E-state index contributed by atoms with van der Waals surface area (Å²) in [7, 11) is 1.92. The summed E-state index contributed by atoms with van der Waals surface area (Å²) in [6, 6.07) is 8.45. The van der Waals surface area contributed by atoms with Crippen molar-refractivity contribution in [2.24, 2.45) is 5.92 Å². The van der Waals surface area contributed by atoms with Crippen LogP contribution < -0.4 is 0 Å². The number of benzene rings is 1. The number of carbonyl (C=O) groups is 1. The molecule has 1 aliphatic rings. The average Bonchev–Trinajstić information content (AvgIpc) is 2.73. The molecule has 1 aliphatic heterocycles. The maximum Gasteiger partial charge on any atom is 0.227 e. The number of hydrogen-bond donors (Lipinski definition) is 1. The quantitative estimate of drug-likeness (QED) is 0.879. The molecule has 1 amide bonds. The van der Waals surface area contributed by atoms with Crippen molar-refractivity contribution in [1.29, 1.82) is 0 Å². The molecule has 0 spiro atoms. The Morgan fingerprint density at radius 1 is 1.37 bits per heavy atom. The Morgan fingerprint density at radius 3 is 2.84 bits per heavy atom. The minimum Gasteiger partial charge on any atom is -0.356 e. The zero-order valence-corrected chi connectivity index (χ0v) is 11.7. The second kappa shape index (κ2) is 4.41. The molecule has 0 saturated carbocycles. The minimum atomic E-state index is 0.184. The van der Waals surface area contributed by atoms with Gasteiger partial charge in [-0.05, 0) is 24.0 Å². The maximum atomic E-state index is 12.2. The third-order valence-corrected chi connectivity index (χ3v) is 4.06. The molecule has 3 heteroatoms. The molecule has 2 aromatic rings. The Labute approximate surface area is 113 Å². The first-order chi connectivity index (χ1) is 9.08. The first-order valence-corrected chi connectivity index (χ1v) is 6.93. The zero-order chi connectivity index (χ0) is 13.6. The van der Waals surface area contributed by atoms with Gasteiger partial charge in [-0.1, -0.05) is 32.0 Å². The lowest BCUT2D eigenvalue weighted by Crippen LogP contribution is -2.37. The van der Waals surface area contributed by atoms with Crippen LogP contribution in [0.3, 0.4) is 0 Å². The molecule has 0 fully saturated rings. The highest BCUT2D eigenvalue weighted by Gasteiger charge is 2.32. The van der Waals surface area contributed by atoms with Crippen molar-refractivity contribution in [3.8, 4) is 0 Å². The second-order valence-electron chi connectivity index (χ2n) is 5.89. The first-order valence-electron chi connectivity index (χ1n) is 6.93. The number of rotatable bonds is 2. The summed E-state index contributed by atoms with van der Waals surface area (Å²) in [5, 5.41) is 1.20. The van der Waals surface area contributed by atoms with Gasteiger partial charge >= 0.3 is 0 Å². The lowest BCUT2D eigenvalue weighted by molar-refractivity contribution is -0.132. The van der Waals surface area contributed by atoms with Crippen LogP contribution in [-0.2, 0) is 11.2 Å². The van der Waals surface area contributed by atoms with Gasteiger partial charge in [-0.15, -0.1) is 0 Å². The van der Waals surface area contributed by atoms with Gasteiger partial charge in [0.25, 0.3) is 0 Å². The van der Waals surface area contributed by atoms with Crippen molar-refractivity contribution < 1.29 is 4.79 Å². The van der Waals surface area contributed by atoms with Crippen molar-refractivity contribution in [2.45, 2.75) is 32.7 Å². The van der Waals surface area contributed by atoms with Crippen molar-refractivity contribution in [3.05, 3.63) is 35.5 Å². The van der Waals surface area contributed by atoms with E-state index in [2.05, 4.69) is 31.0 Å².